The lowest BCUT2D eigenvalue weighted by Crippen LogP contribution is -2.35. The van der Waals surface area contributed by atoms with Gasteiger partial charge in [-0.2, -0.15) is 5.10 Å². The van der Waals surface area contributed by atoms with Gasteiger partial charge in [0.2, 0.25) is 18.6 Å². The summed E-state index contributed by atoms with van der Waals surface area (Å²) < 4.78 is 22.8. The highest BCUT2D eigenvalue weighted by atomic mass is 16.7. The average Bonchev–Trinajstić information content (AvgIpc) is 3.44. The summed E-state index contributed by atoms with van der Waals surface area (Å²) in [4.78, 5) is 25.5. The van der Waals surface area contributed by atoms with Crippen LogP contribution in [0.1, 0.15) is 12.5 Å². The maximum absolute atomic E-state index is 13.0. The summed E-state index contributed by atoms with van der Waals surface area (Å²) in [5.74, 6) is 2.12. The summed E-state index contributed by atoms with van der Waals surface area (Å²) in [5, 5.41) is 10.1. The van der Waals surface area contributed by atoms with Gasteiger partial charge in [-0.25, -0.2) is 4.68 Å². The molecule has 2 N–H and O–H groups in total. The summed E-state index contributed by atoms with van der Waals surface area (Å²) >= 11 is 0. The van der Waals surface area contributed by atoms with Crippen LogP contribution in [-0.4, -0.2) is 42.6 Å². The highest BCUT2D eigenvalue weighted by molar-refractivity contribution is 6.03. The van der Waals surface area contributed by atoms with Gasteiger partial charge < -0.3 is 29.6 Å². The van der Waals surface area contributed by atoms with Crippen LogP contribution in [0, 0.1) is 0 Å². The second-order valence-electron chi connectivity index (χ2n) is 7.25. The Bertz CT molecular complexity index is 1220. The molecule has 3 aromatic rings. The Morgan fingerprint density at radius 1 is 1.12 bits per heavy atom. The second-order valence-corrected chi connectivity index (χ2v) is 7.25. The topological polar surface area (TPSA) is 113 Å². The Labute approximate surface area is 183 Å². The molecule has 0 spiro atoms. The number of fused-ring (bicyclic) bond motifs is 2. The first-order valence-corrected chi connectivity index (χ1v) is 9.87. The van der Waals surface area contributed by atoms with E-state index in [4.69, 9.17) is 18.9 Å². The van der Waals surface area contributed by atoms with Gasteiger partial charge in [0, 0.05) is 17.3 Å². The number of rotatable bonds is 5. The van der Waals surface area contributed by atoms with E-state index >= 15 is 0 Å². The predicted molar refractivity (Wildman–Crippen MR) is 114 cm³/mol. The Kier molecular flexibility index (Phi) is 4.81. The molecule has 0 radical (unpaired) electrons. The first-order chi connectivity index (χ1) is 15.6. The van der Waals surface area contributed by atoms with Crippen LogP contribution in [0.5, 0.6) is 23.0 Å². The minimum atomic E-state index is -0.807. The van der Waals surface area contributed by atoms with Crippen LogP contribution in [0.2, 0.25) is 0 Å². The number of aromatic nitrogens is 2. The Hall–Kier alpha value is -4.21. The van der Waals surface area contributed by atoms with E-state index in [0.29, 0.717) is 40.1 Å². The molecule has 2 aliphatic heterocycles. The van der Waals surface area contributed by atoms with Crippen molar-refractivity contribution >= 4 is 23.3 Å². The summed E-state index contributed by atoms with van der Waals surface area (Å²) in [6.07, 6.45) is 1.58. The Morgan fingerprint density at radius 3 is 2.75 bits per heavy atom. The first kappa shape index (κ1) is 19.7. The van der Waals surface area contributed by atoms with E-state index in [2.05, 4.69) is 15.7 Å². The first-order valence-electron chi connectivity index (χ1n) is 9.87. The average molecular weight is 436 g/mol. The molecular formula is C22H20N4O6. The molecule has 32 heavy (non-hydrogen) atoms. The van der Waals surface area contributed by atoms with E-state index in [-0.39, 0.29) is 25.0 Å². The van der Waals surface area contributed by atoms with Gasteiger partial charge >= 0.3 is 0 Å². The monoisotopic (exact) mass is 436 g/mol. The van der Waals surface area contributed by atoms with Crippen molar-refractivity contribution < 1.29 is 28.5 Å². The molecule has 10 nitrogen and oxygen atoms in total. The SMILES string of the molecule is COc1ccc(-c2cnn3c2NC(=O)CC3C(=O)Nc2ccc3c(c2)OCO3)cc1OC. The van der Waals surface area contributed by atoms with Gasteiger partial charge in [-0.15, -0.1) is 0 Å². The lowest BCUT2D eigenvalue weighted by molar-refractivity contribution is -0.125. The van der Waals surface area contributed by atoms with Gasteiger partial charge in [0.05, 0.1) is 26.8 Å². The number of hydrogen-bond donors (Lipinski definition) is 2. The van der Waals surface area contributed by atoms with E-state index in [1.165, 1.54) is 4.68 Å². The molecule has 2 aliphatic rings. The van der Waals surface area contributed by atoms with Crippen LogP contribution in [0.15, 0.2) is 42.6 Å². The highest BCUT2D eigenvalue weighted by Crippen LogP contribution is 2.39. The van der Waals surface area contributed by atoms with Crippen molar-refractivity contribution in [1.29, 1.82) is 0 Å². The van der Waals surface area contributed by atoms with Crippen LogP contribution in [0.25, 0.3) is 11.1 Å². The fourth-order valence-corrected chi connectivity index (χ4v) is 3.79. The standard InChI is InChI=1S/C22H20N4O6/c1-29-16-5-3-12(7-18(16)30-2)14-10-23-26-15(9-20(27)25-21(14)26)22(28)24-13-4-6-17-19(8-13)32-11-31-17/h3-8,10,15H,9,11H2,1-2H3,(H,24,28)(H,25,27). The zero-order valence-corrected chi connectivity index (χ0v) is 17.4. The van der Waals surface area contributed by atoms with Crippen LogP contribution in [0.4, 0.5) is 11.5 Å². The van der Waals surface area contributed by atoms with Crippen LogP contribution >= 0.6 is 0 Å². The summed E-state index contributed by atoms with van der Waals surface area (Å²) in [6.45, 7) is 0.144. The minimum absolute atomic E-state index is 0.0313. The number of nitrogens with zero attached hydrogens (tertiary/aromatic N) is 2. The number of methoxy groups -OCH3 is 2. The normalized spacial score (nSPS) is 16.2. The molecule has 10 heteroatoms. The van der Waals surface area contributed by atoms with E-state index < -0.39 is 6.04 Å². The number of amides is 2. The van der Waals surface area contributed by atoms with E-state index in [0.717, 1.165) is 5.56 Å². The third-order valence-corrected chi connectivity index (χ3v) is 5.36. The smallest absolute Gasteiger partial charge is 0.249 e. The van der Waals surface area contributed by atoms with Gasteiger partial charge in [0.25, 0.3) is 0 Å². The molecule has 0 bridgehead atoms. The van der Waals surface area contributed by atoms with Gasteiger partial charge in [-0.05, 0) is 29.8 Å². The van der Waals surface area contributed by atoms with Crippen molar-refractivity contribution in [2.24, 2.45) is 0 Å². The Balaban J connectivity index is 1.45. The molecule has 1 atom stereocenters. The van der Waals surface area contributed by atoms with Crippen molar-refractivity contribution in [3.8, 4) is 34.1 Å². The third kappa shape index (κ3) is 3.35. The fourth-order valence-electron chi connectivity index (χ4n) is 3.79. The van der Waals surface area contributed by atoms with Crippen molar-refractivity contribution in [2.45, 2.75) is 12.5 Å². The van der Waals surface area contributed by atoms with Crippen LogP contribution in [0.3, 0.4) is 0 Å². The molecule has 2 aromatic carbocycles. The maximum Gasteiger partial charge on any atom is 0.249 e. The number of benzene rings is 2. The minimum Gasteiger partial charge on any atom is -0.493 e. The second kappa shape index (κ2) is 7.80. The molecule has 0 aliphatic carbocycles. The van der Waals surface area contributed by atoms with E-state index in [1.807, 2.05) is 6.07 Å². The van der Waals surface area contributed by atoms with Crippen molar-refractivity contribution in [3.63, 3.8) is 0 Å². The number of carbonyl (C=O) groups is 2. The molecule has 5 rings (SSSR count). The summed E-state index contributed by atoms with van der Waals surface area (Å²) in [5.41, 5.74) is 1.97. The molecular weight excluding hydrogens is 416 g/mol. The van der Waals surface area contributed by atoms with Crippen LogP contribution < -0.4 is 29.6 Å². The van der Waals surface area contributed by atoms with Crippen LogP contribution in [-0.2, 0) is 9.59 Å². The number of nitrogens with one attached hydrogen (secondary N) is 2. The summed E-state index contributed by atoms with van der Waals surface area (Å²) in [6, 6.07) is 9.71. The predicted octanol–water partition coefficient (Wildman–Crippen LogP) is 2.82. The lowest BCUT2D eigenvalue weighted by atomic mass is 10.1. The molecule has 1 aromatic heterocycles. The zero-order chi connectivity index (χ0) is 22.2. The molecule has 2 amide bonds. The van der Waals surface area contributed by atoms with Crippen molar-refractivity contribution in [2.75, 3.05) is 31.6 Å². The molecule has 1 unspecified atom stereocenters. The van der Waals surface area contributed by atoms with E-state index in [1.54, 1.807) is 50.7 Å². The third-order valence-electron chi connectivity index (χ3n) is 5.36. The molecule has 3 heterocycles. The number of hydrogen-bond acceptors (Lipinski definition) is 7. The molecule has 0 saturated heterocycles. The number of ether oxygens (including phenoxy) is 4. The van der Waals surface area contributed by atoms with Crippen molar-refractivity contribution in [1.82, 2.24) is 9.78 Å². The zero-order valence-electron chi connectivity index (χ0n) is 17.4. The van der Waals surface area contributed by atoms with E-state index in [9.17, 15) is 9.59 Å². The quantitative estimate of drug-likeness (QED) is 0.632. The number of anilines is 2. The molecule has 0 fully saturated rings. The van der Waals surface area contributed by atoms with Gasteiger partial charge in [0.15, 0.2) is 23.0 Å². The highest BCUT2D eigenvalue weighted by Gasteiger charge is 2.33. The lowest BCUT2D eigenvalue weighted by Gasteiger charge is -2.24. The van der Waals surface area contributed by atoms with Crippen molar-refractivity contribution in [3.05, 3.63) is 42.6 Å². The van der Waals surface area contributed by atoms with Gasteiger partial charge in [0.1, 0.15) is 11.9 Å². The molecule has 0 saturated carbocycles. The van der Waals surface area contributed by atoms with Gasteiger partial charge in [-0.1, -0.05) is 6.07 Å². The van der Waals surface area contributed by atoms with Gasteiger partial charge in [-0.3, -0.25) is 9.59 Å². The fraction of sp³-hybridized carbons (Fsp3) is 0.227. The largest absolute Gasteiger partial charge is 0.493 e. The molecule has 164 valence electrons. The Morgan fingerprint density at radius 2 is 1.94 bits per heavy atom. The number of carbonyl (C=O) groups excluding carboxylic acids is 2. The maximum atomic E-state index is 13.0. The summed E-state index contributed by atoms with van der Waals surface area (Å²) in [7, 11) is 3.11.